The summed E-state index contributed by atoms with van der Waals surface area (Å²) in [5.74, 6) is 2.20. The Labute approximate surface area is 395 Å². The van der Waals surface area contributed by atoms with Crippen LogP contribution in [-0.2, 0) is 44.9 Å². The second-order valence-corrected chi connectivity index (χ2v) is 17.3. The van der Waals surface area contributed by atoms with E-state index in [1.54, 1.807) is 12.0 Å². The van der Waals surface area contributed by atoms with Crippen LogP contribution in [0.5, 0.6) is 11.5 Å². The highest BCUT2D eigenvalue weighted by Gasteiger charge is 2.27. The lowest BCUT2D eigenvalue weighted by Crippen LogP contribution is -2.39. The van der Waals surface area contributed by atoms with E-state index >= 15 is 0 Å². The van der Waals surface area contributed by atoms with Crippen LogP contribution in [0, 0.1) is 12.8 Å². The van der Waals surface area contributed by atoms with Crippen LogP contribution in [0.4, 0.5) is 4.79 Å². The number of aromatic nitrogens is 1. The van der Waals surface area contributed by atoms with Gasteiger partial charge in [-0.05, 0) is 123 Å². The highest BCUT2D eigenvalue weighted by atomic mass is 16.6. The van der Waals surface area contributed by atoms with Crippen LogP contribution in [0.25, 0.3) is 11.5 Å². The molecule has 0 saturated heterocycles. The number of methoxy groups -OCH3 is 1. The quantitative estimate of drug-likeness (QED) is 0.0792. The summed E-state index contributed by atoms with van der Waals surface area (Å²) in [6.07, 6.45) is 4.33. The van der Waals surface area contributed by atoms with Crippen LogP contribution >= 0.6 is 0 Å². The van der Waals surface area contributed by atoms with Crippen molar-refractivity contribution in [2.45, 2.75) is 79.2 Å². The van der Waals surface area contributed by atoms with Gasteiger partial charge in [0.05, 0.1) is 32.6 Å². The van der Waals surface area contributed by atoms with Crippen molar-refractivity contribution in [3.8, 4) is 23.0 Å². The van der Waals surface area contributed by atoms with Crippen LogP contribution < -0.4 is 9.47 Å². The molecule has 0 saturated carbocycles. The Morgan fingerprint density at radius 3 is 1.94 bits per heavy atom. The normalized spacial score (nSPS) is 14.1. The van der Waals surface area contributed by atoms with Gasteiger partial charge in [0.15, 0.2) is 0 Å². The fourth-order valence-corrected chi connectivity index (χ4v) is 8.13. The van der Waals surface area contributed by atoms with Crippen molar-refractivity contribution in [1.82, 2.24) is 14.8 Å². The van der Waals surface area contributed by atoms with Crippen molar-refractivity contribution in [2.75, 3.05) is 53.1 Å². The van der Waals surface area contributed by atoms with Gasteiger partial charge in [0.25, 0.3) is 0 Å². The standard InChI is InChI=1S/C31H36N2O6.C24H29NO3/c1-21(2)20-38-31(36)33-17-15-27(30(34)35)25(19-33)12-9-23-10-13-26(14-11-23)37-18-16-28-22(3)39-29(32-28)24-7-5-4-6-8-24;1-3-28-24(26)23-15-16-25(17-20-7-5-4-6-8-20)18-21(23)12-9-19-10-13-22(27-2)14-11-19/h4-8,10-11,13-14,21H,9,12,15-20H2,1-3H3,(H,34,35);4-8,10-11,13-14H,3,9,12,15-18H2,1-2H3. The Morgan fingerprint density at radius 1 is 0.716 bits per heavy atom. The highest BCUT2D eigenvalue weighted by molar-refractivity contribution is 5.90. The number of ether oxygens (including phenoxy) is 4. The maximum absolute atomic E-state index is 12.5. The first-order valence-electron chi connectivity index (χ1n) is 23.4. The monoisotopic (exact) mass is 911 g/mol. The van der Waals surface area contributed by atoms with E-state index in [4.69, 9.17) is 23.4 Å². The van der Waals surface area contributed by atoms with E-state index in [9.17, 15) is 19.5 Å². The summed E-state index contributed by atoms with van der Waals surface area (Å²) in [6, 6.07) is 36.3. The number of carbonyl (C=O) groups is 3. The molecule has 0 spiro atoms. The fraction of sp³-hybridized carbons (Fsp3) is 0.382. The van der Waals surface area contributed by atoms with Gasteiger partial charge in [-0.25, -0.2) is 19.4 Å². The lowest BCUT2D eigenvalue weighted by Gasteiger charge is -2.30. The molecule has 1 N–H and O–H groups in total. The molecule has 0 fully saturated rings. The molecule has 0 unspecified atom stereocenters. The molecular formula is C55H65N3O9. The first kappa shape index (κ1) is 49.8. The summed E-state index contributed by atoms with van der Waals surface area (Å²) < 4.78 is 27.6. The van der Waals surface area contributed by atoms with Crippen molar-refractivity contribution in [2.24, 2.45) is 5.92 Å². The lowest BCUT2D eigenvalue weighted by molar-refractivity contribution is -0.139. The third-order valence-corrected chi connectivity index (χ3v) is 11.8. The molecule has 1 aromatic heterocycles. The van der Waals surface area contributed by atoms with Gasteiger partial charge in [-0.1, -0.05) is 86.6 Å². The van der Waals surface area contributed by atoms with Crippen molar-refractivity contribution in [1.29, 1.82) is 0 Å². The zero-order valence-electron chi connectivity index (χ0n) is 39.6. The SMILES string of the molecule is CCOC(=O)C1=C(CCc2ccc(OC)cc2)CN(Cc2ccccc2)CC1.Cc1oc(-c2ccccc2)nc1CCOc1ccc(CCC2=C(C(=O)O)CCN(C(=O)OCC(C)C)C2)cc1. The molecule has 354 valence electrons. The largest absolute Gasteiger partial charge is 0.497 e. The number of benzene rings is 4. The number of esters is 1. The van der Waals surface area contributed by atoms with Gasteiger partial charge < -0.3 is 33.4 Å². The van der Waals surface area contributed by atoms with Gasteiger partial charge in [-0.3, -0.25) is 4.90 Å². The number of amides is 1. The van der Waals surface area contributed by atoms with Crippen molar-refractivity contribution in [3.05, 3.63) is 160 Å². The molecule has 2 aliphatic rings. The van der Waals surface area contributed by atoms with Crippen molar-refractivity contribution < 1.29 is 42.9 Å². The molecule has 5 aromatic rings. The molecular weight excluding hydrogens is 847 g/mol. The topological polar surface area (TPSA) is 141 Å². The minimum atomic E-state index is -0.915. The van der Waals surface area contributed by atoms with Crippen molar-refractivity contribution in [3.63, 3.8) is 0 Å². The number of carboxylic acids is 1. The van der Waals surface area contributed by atoms with Crippen LogP contribution in [0.3, 0.4) is 0 Å². The van der Waals surface area contributed by atoms with E-state index in [0.29, 0.717) is 63.5 Å². The van der Waals surface area contributed by atoms with Gasteiger partial charge in [0.2, 0.25) is 5.89 Å². The Bertz CT molecular complexity index is 2420. The Kier molecular flexibility index (Phi) is 18.8. The van der Waals surface area contributed by atoms with Gasteiger partial charge in [-0.15, -0.1) is 0 Å². The Morgan fingerprint density at radius 2 is 1.33 bits per heavy atom. The number of aryl methyl sites for hydroxylation is 3. The summed E-state index contributed by atoms with van der Waals surface area (Å²) >= 11 is 0. The van der Waals surface area contributed by atoms with Gasteiger partial charge in [-0.2, -0.15) is 0 Å². The molecule has 0 aliphatic carbocycles. The Hall–Kier alpha value is -6.66. The number of carbonyl (C=O) groups excluding carboxylic acids is 2. The maximum Gasteiger partial charge on any atom is 0.410 e. The van der Waals surface area contributed by atoms with Gasteiger partial charge >= 0.3 is 18.0 Å². The minimum absolute atomic E-state index is 0.147. The molecule has 3 heterocycles. The molecule has 0 atom stereocenters. The third-order valence-electron chi connectivity index (χ3n) is 11.8. The minimum Gasteiger partial charge on any atom is -0.497 e. The molecule has 4 aromatic carbocycles. The number of hydrogen-bond acceptors (Lipinski definition) is 10. The third kappa shape index (κ3) is 15.2. The summed E-state index contributed by atoms with van der Waals surface area (Å²) in [5, 5.41) is 9.67. The number of hydrogen-bond donors (Lipinski definition) is 1. The van der Waals surface area contributed by atoms with Crippen LogP contribution in [0.2, 0.25) is 0 Å². The van der Waals surface area contributed by atoms with E-state index in [0.717, 1.165) is 84.1 Å². The number of nitrogens with zero attached hydrogens (tertiary/aromatic N) is 3. The van der Waals surface area contributed by atoms with Gasteiger partial charge in [0, 0.05) is 55.9 Å². The number of carboxylic acid groups (broad SMARTS) is 1. The molecule has 1 amide bonds. The second-order valence-electron chi connectivity index (χ2n) is 17.3. The second kappa shape index (κ2) is 25.3. The predicted octanol–water partition coefficient (Wildman–Crippen LogP) is 10.5. The van der Waals surface area contributed by atoms with Crippen LogP contribution in [-0.4, -0.2) is 91.0 Å². The number of oxazole rings is 1. The van der Waals surface area contributed by atoms with E-state index in [1.165, 1.54) is 16.7 Å². The summed E-state index contributed by atoms with van der Waals surface area (Å²) in [4.78, 5) is 45.3. The summed E-state index contributed by atoms with van der Waals surface area (Å²) in [5.41, 5.74) is 8.70. The molecule has 7 rings (SSSR count). The number of rotatable bonds is 19. The molecule has 12 nitrogen and oxygen atoms in total. The maximum atomic E-state index is 12.5. The lowest BCUT2D eigenvalue weighted by atomic mass is 9.94. The Balaban J connectivity index is 0.000000233. The zero-order chi connectivity index (χ0) is 47.5. The predicted molar refractivity (Wildman–Crippen MR) is 259 cm³/mol. The molecule has 12 heteroatoms. The molecule has 2 aliphatic heterocycles. The highest BCUT2D eigenvalue weighted by Crippen LogP contribution is 2.27. The van der Waals surface area contributed by atoms with Crippen LogP contribution in [0.1, 0.15) is 74.6 Å². The average Bonchev–Trinajstić information content (AvgIpc) is 3.72. The summed E-state index contributed by atoms with van der Waals surface area (Å²) in [7, 11) is 1.68. The van der Waals surface area contributed by atoms with Crippen LogP contribution in [0.15, 0.2) is 136 Å². The zero-order valence-corrected chi connectivity index (χ0v) is 39.6. The molecule has 0 radical (unpaired) electrons. The molecule has 0 bridgehead atoms. The first-order chi connectivity index (χ1) is 32.5. The first-order valence-corrected chi connectivity index (χ1v) is 23.4. The van der Waals surface area contributed by atoms with E-state index < -0.39 is 5.97 Å². The summed E-state index contributed by atoms with van der Waals surface area (Å²) in [6.45, 7) is 12.2. The average molecular weight is 912 g/mol. The van der Waals surface area contributed by atoms with Crippen molar-refractivity contribution >= 4 is 18.0 Å². The van der Waals surface area contributed by atoms with E-state index in [1.807, 2.05) is 100 Å². The van der Waals surface area contributed by atoms with Gasteiger partial charge in [0.1, 0.15) is 17.3 Å². The number of aliphatic carboxylic acids is 1. The molecule has 67 heavy (non-hydrogen) atoms. The smallest absolute Gasteiger partial charge is 0.410 e. The van der Waals surface area contributed by atoms with E-state index in [2.05, 4.69) is 46.3 Å². The fourth-order valence-electron chi connectivity index (χ4n) is 8.13. The van der Waals surface area contributed by atoms with E-state index in [-0.39, 0.29) is 24.5 Å².